The quantitative estimate of drug-likeness (QED) is 0.698. The number of rotatable bonds is 1. The number of ether oxygens (including phenoxy) is 1. The number of nitrogens with zero attached hydrogens (tertiary/aromatic N) is 2. The molecule has 2 atom stereocenters. The summed E-state index contributed by atoms with van der Waals surface area (Å²) >= 11 is 5.74. The van der Waals surface area contributed by atoms with Gasteiger partial charge in [0.05, 0.1) is 12.1 Å². The highest BCUT2D eigenvalue weighted by Gasteiger charge is 2.27. The Morgan fingerprint density at radius 2 is 2.47 bits per heavy atom. The van der Waals surface area contributed by atoms with Crippen LogP contribution in [0.15, 0.2) is 22.1 Å². The van der Waals surface area contributed by atoms with E-state index < -0.39 is 11.9 Å². The zero-order chi connectivity index (χ0) is 11.5. The Balaban J connectivity index is 2.93. The molecule has 0 fully saturated rings. The maximum atomic E-state index is 9.65. The van der Waals surface area contributed by atoms with E-state index in [1.54, 1.807) is 0 Å². The summed E-state index contributed by atoms with van der Waals surface area (Å²) in [5.74, 6) is 0. The second kappa shape index (κ2) is 4.88. The van der Waals surface area contributed by atoms with Crippen LogP contribution in [0, 0.1) is 0 Å². The van der Waals surface area contributed by atoms with Gasteiger partial charge < -0.3 is 9.84 Å². The van der Waals surface area contributed by atoms with E-state index in [1.165, 1.54) is 6.21 Å². The zero-order valence-electron chi connectivity index (χ0n) is 8.90. The average Bonchev–Trinajstić information content (AvgIpc) is 2.25. The van der Waals surface area contributed by atoms with Crippen molar-refractivity contribution < 1.29 is 9.84 Å². The summed E-state index contributed by atoms with van der Waals surface area (Å²) < 4.78 is 5.47. The molecule has 1 aliphatic heterocycles. The van der Waals surface area contributed by atoms with Crippen molar-refractivity contribution in [3.05, 3.63) is 12.2 Å². The number of hydrogen-bond acceptors (Lipinski definition) is 4. The van der Waals surface area contributed by atoms with Crippen molar-refractivity contribution >= 4 is 23.1 Å². The normalized spacial score (nSPS) is 32.9. The molecule has 1 N–H and O–H groups in total. The van der Waals surface area contributed by atoms with Gasteiger partial charge in [-0.25, -0.2) is 4.99 Å². The molecule has 0 amide bonds. The van der Waals surface area contributed by atoms with E-state index in [0.717, 1.165) is 0 Å². The standard InChI is InChI=1S/C10H15ClN2O2/c1-4-10(3)6-13-9(11)12-5-7(2)8(14)15-10/h5,8,14H,2,4,6H2,1,3H3. The van der Waals surface area contributed by atoms with Gasteiger partial charge in [-0.1, -0.05) is 13.5 Å². The first-order valence-electron chi connectivity index (χ1n) is 4.75. The van der Waals surface area contributed by atoms with E-state index in [2.05, 4.69) is 16.6 Å². The predicted octanol–water partition coefficient (Wildman–Crippen LogP) is 1.73. The van der Waals surface area contributed by atoms with Crippen LogP contribution >= 0.6 is 11.6 Å². The van der Waals surface area contributed by atoms with Crippen molar-refractivity contribution in [2.24, 2.45) is 9.98 Å². The van der Waals surface area contributed by atoms with E-state index in [1.807, 2.05) is 13.8 Å². The summed E-state index contributed by atoms with van der Waals surface area (Å²) in [5.41, 5.74) is -0.180. The lowest BCUT2D eigenvalue weighted by molar-refractivity contribution is -0.152. The Labute approximate surface area is 94.3 Å². The molecular weight excluding hydrogens is 216 g/mol. The summed E-state index contributed by atoms with van der Waals surface area (Å²) in [6.07, 6.45) is 1.01. The summed E-state index contributed by atoms with van der Waals surface area (Å²) in [6.45, 7) is 7.82. The van der Waals surface area contributed by atoms with Gasteiger partial charge in [-0.15, -0.1) is 0 Å². The lowest BCUT2D eigenvalue weighted by atomic mass is 10.0. The van der Waals surface area contributed by atoms with Crippen LogP contribution < -0.4 is 0 Å². The molecule has 1 rings (SSSR count). The number of amidine groups is 1. The third-order valence-corrected chi connectivity index (χ3v) is 2.56. The van der Waals surface area contributed by atoms with Crippen molar-refractivity contribution in [2.75, 3.05) is 6.54 Å². The van der Waals surface area contributed by atoms with Crippen molar-refractivity contribution in [3.8, 4) is 0 Å². The van der Waals surface area contributed by atoms with Crippen LogP contribution in [0.5, 0.6) is 0 Å². The molecule has 1 heterocycles. The van der Waals surface area contributed by atoms with Crippen molar-refractivity contribution in [1.29, 1.82) is 0 Å². The minimum absolute atomic E-state index is 0.147. The highest BCUT2D eigenvalue weighted by molar-refractivity contribution is 6.65. The van der Waals surface area contributed by atoms with Gasteiger partial charge in [-0.05, 0) is 24.9 Å². The summed E-state index contributed by atoms with van der Waals surface area (Å²) in [5, 5.41) is 9.80. The molecule has 0 aromatic heterocycles. The predicted molar refractivity (Wildman–Crippen MR) is 61.6 cm³/mol. The average molecular weight is 231 g/mol. The fourth-order valence-electron chi connectivity index (χ4n) is 1.05. The van der Waals surface area contributed by atoms with Gasteiger partial charge in [0.25, 0.3) is 0 Å². The first-order chi connectivity index (χ1) is 6.97. The molecule has 0 saturated carbocycles. The molecule has 0 spiro atoms. The van der Waals surface area contributed by atoms with Crippen molar-refractivity contribution in [1.82, 2.24) is 0 Å². The molecule has 4 nitrogen and oxygen atoms in total. The molecule has 0 radical (unpaired) electrons. The summed E-state index contributed by atoms with van der Waals surface area (Å²) in [4.78, 5) is 7.87. The van der Waals surface area contributed by atoms with Crippen molar-refractivity contribution in [2.45, 2.75) is 32.2 Å². The third kappa shape index (κ3) is 3.41. The molecule has 1 aliphatic rings. The van der Waals surface area contributed by atoms with Crippen LogP contribution in [0.4, 0.5) is 0 Å². The molecule has 0 aromatic rings. The highest BCUT2D eigenvalue weighted by atomic mass is 35.5. The Hall–Kier alpha value is -0.710. The van der Waals surface area contributed by atoms with Crippen LogP contribution in [-0.4, -0.2) is 35.1 Å². The number of halogens is 1. The Morgan fingerprint density at radius 3 is 3.07 bits per heavy atom. The van der Waals surface area contributed by atoms with Gasteiger partial charge in [-0.2, -0.15) is 0 Å². The van der Waals surface area contributed by atoms with E-state index in [-0.39, 0.29) is 5.29 Å². The Kier molecular flexibility index (Phi) is 4.02. The monoisotopic (exact) mass is 230 g/mol. The maximum Gasteiger partial charge on any atom is 0.217 e. The van der Waals surface area contributed by atoms with Crippen LogP contribution in [0.1, 0.15) is 20.3 Å². The van der Waals surface area contributed by atoms with Gasteiger partial charge in [0.1, 0.15) is 0 Å². The maximum absolute atomic E-state index is 9.65. The minimum Gasteiger partial charge on any atom is -0.364 e. The van der Waals surface area contributed by atoms with E-state index in [0.29, 0.717) is 18.5 Å². The van der Waals surface area contributed by atoms with E-state index >= 15 is 0 Å². The number of aliphatic hydroxyl groups is 1. The molecule has 0 aliphatic carbocycles. The fourth-order valence-corrected chi connectivity index (χ4v) is 1.16. The lowest BCUT2D eigenvalue weighted by Crippen LogP contribution is -2.36. The Bertz CT molecular complexity index is 315. The highest BCUT2D eigenvalue weighted by Crippen LogP contribution is 2.20. The number of aliphatic hydroxyl groups excluding tert-OH is 1. The minimum atomic E-state index is -1.06. The molecule has 15 heavy (non-hydrogen) atoms. The second-order valence-electron chi connectivity index (χ2n) is 3.69. The molecule has 0 saturated heterocycles. The van der Waals surface area contributed by atoms with Gasteiger partial charge in [0.15, 0.2) is 6.29 Å². The molecule has 0 bridgehead atoms. The van der Waals surface area contributed by atoms with Crippen molar-refractivity contribution in [3.63, 3.8) is 0 Å². The van der Waals surface area contributed by atoms with Crippen LogP contribution in [0.3, 0.4) is 0 Å². The van der Waals surface area contributed by atoms with Crippen LogP contribution in [0.25, 0.3) is 0 Å². The first kappa shape index (κ1) is 12.4. The molecule has 2 unspecified atom stereocenters. The van der Waals surface area contributed by atoms with Gasteiger partial charge >= 0.3 is 0 Å². The zero-order valence-corrected chi connectivity index (χ0v) is 9.66. The SMILES string of the molecule is C=C1C=NC(Cl)=NCC(C)(CC)OC1O. The molecule has 84 valence electrons. The largest absolute Gasteiger partial charge is 0.364 e. The first-order valence-corrected chi connectivity index (χ1v) is 5.13. The van der Waals surface area contributed by atoms with E-state index in [9.17, 15) is 5.11 Å². The molecular formula is C10H15ClN2O2. The van der Waals surface area contributed by atoms with Crippen LogP contribution in [-0.2, 0) is 4.74 Å². The van der Waals surface area contributed by atoms with Gasteiger partial charge in [-0.3, -0.25) is 4.99 Å². The Morgan fingerprint density at radius 1 is 1.80 bits per heavy atom. The number of hydrogen-bond donors (Lipinski definition) is 1. The molecule has 5 heteroatoms. The van der Waals surface area contributed by atoms with E-state index in [4.69, 9.17) is 16.3 Å². The number of aliphatic imine (C=N–C) groups is 2. The smallest absolute Gasteiger partial charge is 0.217 e. The van der Waals surface area contributed by atoms with Gasteiger partial charge in [0.2, 0.25) is 5.29 Å². The topological polar surface area (TPSA) is 54.2 Å². The van der Waals surface area contributed by atoms with Crippen LogP contribution in [0.2, 0.25) is 0 Å². The molecule has 0 aromatic carbocycles. The lowest BCUT2D eigenvalue weighted by Gasteiger charge is -2.29. The summed E-state index contributed by atoms with van der Waals surface area (Å²) in [7, 11) is 0. The summed E-state index contributed by atoms with van der Waals surface area (Å²) in [6, 6.07) is 0. The second-order valence-corrected chi connectivity index (χ2v) is 4.03. The third-order valence-electron chi connectivity index (χ3n) is 2.34. The van der Waals surface area contributed by atoms with Gasteiger partial charge in [0, 0.05) is 11.8 Å². The fraction of sp³-hybridized carbons (Fsp3) is 0.600.